The molecule has 1 aromatic heterocycles. The largest absolute Gasteiger partial charge is 0.467 e. The summed E-state index contributed by atoms with van der Waals surface area (Å²) >= 11 is 1.62. The van der Waals surface area contributed by atoms with Crippen LogP contribution in [0.5, 0.6) is 0 Å². The predicted molar refractivity (Wildman–Crippen MR) is 80.9 cm³/mol. The van der Waals surface area contributed by atoms with Crippen LogP contribution in [-0.4, -0.2) is 12.3 Å². The van der Waals surface area contributed by atoms with E-state index in [0.717, 1.165) is 28.5 Å². The summed E-state index contributed by atoms with van der Waals surface area (Å²) < 4.78 is 5.46. The van der Waals surface area contributed by atoms with Crippen LogP contribution in [0.4, 0.5) is 5.69 Å². The Bertz CT molecular complexity index is 626. The Kier molecular flexibility index (Phi) is 3.70. The fraction of sp³-hybridized carbons (Fsp3) is 0.312. The summed E-state index contributed by atoms with van der Waals surface area (Å²) in [6.45, 7) is 0.726. The molecule has 0 aliphatic heterocycles. The van der Waals surface area contributed by atoms with Gasteiger partial charge in [0.2, 0.25) is 0 Å². The van der Waals surface area contributed by atoms with Gasteiger partial charge >= 0.3 is 0 Å². The van der Waals surface area contributed by atoms with Crippen molar-refractivity contribution >= 4 is 17.4 Å². The number of hydrogen-bond donors (Lipinski definition) is 0. The molecule has 102 valence electrons. The Balaban J connectivity index is 1.97. The fourth-order valence-corrected chi connectivity index (χ4v) is 2.98. The molecule has 1 saturated carbocycles. The Morgan fingerprint density at radius 2 is 2.20 bits per heavy atom. The normalized spacial score (nSPS) is 14.0. The minimum atomic E-state index is 0.532. The lowest BCUT2D eigenvalue weighted by atomic mass is 10.1. The number of anilines is 1. The molecule has 0 radical (unpaired) electrons. The Labute approximate surface area is 123 Å². The monoisotopic (exact) mass is 284 g/mol. The molecular weight excluding hydrogens is 268 g/mol. The van der Waals surface area contributed by atoms with Crippen molar-refractivity contribution in [3.8, 4) is 6.07 Å². The first-order valence-electron chi connectivity index (χ1n) is 6.69. The molecule has 0 N–H and O–H groups in total. The highest BCUT2D eigenvalue weighted by Crippen LogP contribution is 2.37. The summed E-state index contributed by atoms with van der Waals surface area (Å²) in [5.41, 5.74) is 1.80. The van der Waals surface area contributed by atoms with Gasteiger partial charge in [0.1, 0.15) is 11.8 Å². The summed E-state index contributed by atoms with van der Waals surface area (Å²) in [7, 11) is 0. The summed E-state index contributed by atoms with van der Waals surface area (Å²) in [5, 5.41) is 9.49. The zero-order valence-corrected chi connectivity index (χ0v) is 12.2. The molecular formula is C16H16N2OS. The van der Waals surface area contributed by atoms with Gasteiger partial charge in [-0.1, -0.05) is 6.07 Å². The first-order chi connectivity index (χ1) is 9.83. The summed E-state index contributed by atoms with van der Waals surface area (Å²) in [6, 6.07) is 12.9. The quantitative estimate of drug-likeness (QED) is 0.777. The SMILES string of the molecule is CSc1cccc(N(Cc2ccco2)C2CC2)c1C#N. The molecule has 0 saturated heterocycles. The average Bonchev–Trinajstić information content (AvgIpc) is 3.20. The molecule has 0 atom stereocenters. The van der Waals surface area contributed by atoms with E-state index in [2.05, 4.69) is 11.0 Å². The molecule has 3 nitrogen and oxygen atoms in total. The molecule has 0 bridgehead atoms. The first kappa shape index (κ1) is 13.1. The lowest BCUT2D eigenvalue weighted by Crippen LogP contribution is -2.25. The summed E-state index contributed by atoms with van der Waals surface area (Å²) in [4.78, 5) is 3.34. The van der Waals surface area contributed by atoms with Crippen LogP contribution in [-0.2, 0) is 6.54 Å². The van der Waals surface area contributed by atoms with Gasteiger partial charge in [-0.3, -0.25) is 0 Å². The van der Waals surface area contributed by atoms with Gasteiger partial charge in [-0.25, -0.2) is 0 Å². The van der Waals surface area contributed by atoms with Crippen molar-refractivity contribution in [2.24, 2.45) is 0 Å². The lowest BCUT2D eigenvalue weighted by Gasteiger charge is -2.25. The standard InChI is InChI=1S/C16H16N2OS/c1-20-16-6-2-5-15(14(16)10-17)18(12-7-8-12)11-13-4-3-9-19-13/h2-6,9,12H,7-8,11H2,1H3. The number of benzene rings is 1. The topological polar surface area (TPSA) is 40.2 Å². The van der Waals surface area contributed by atoms with Crippen LogP contribution in [0.3, 0.4) is 0 Å². The molecule has 4 heteroatoms. The third kappa shape index (κ3) is 2.54. The van der Waals surface area contributed by atoms with E-state index in [9.17, 15) is 5.26 Å². The number of nitriles is 1. The second-order valence-electron chi connectivity index (χ2n) is 4.90. The van der Waals surface area contributed by atoms with E-state index in [1.54, 1.807) is 18.0 Å². The van der Waals surface area contributed by atoms with E-state index < -0.39 is 0 Å². The van der Waals surface area contributed by atoms with Crippen molar-refractivity contribution in [3.05, 3.63) is 47.9 Å². The smallest absolute Gasteiger partial charge is 0.123 e. The van der Waals surface area contributed by atoms with Crippen LogP contribution < -0.4 is 4.90 Å². The van der Waals surface area contributed by atoms with Gasteiger partial charge in [0, 0.05) is 10.9 Å². The lowest BCUT2D eigenvalue weighted by molar-refractivity contribution is 0.501. The molecule has 3 rings (SSSR count). The maximum atomic E-state index is 9.49. The van der Waals surface area contributed by atoms with Crippen LogP contribution in [0.15, 0.2) is 45.9 Å². The molecule has 1 heterocycles. The van der Waals surface area contributed by atoms with E-state index >= 15 is 0 Å². The number of thioether (sulfide) groups is 1. The maximum absolute atomic E-state index is 9.49. The molecule has 20 heavy (non-hydrogen) atoms. The van der Waals surface area contributed by atoms with Gasteiger partial charge in [-0.05, 0) is 43.4 Å². The summed E-state index contributed by atoms with van der Waals surface area (Å²) in [6.07, 6.45) is 6.09. The third-order valence-electron chi connectivity index (χ3n) is 3.54. The third-order valence-corrected chi connectivity index (χ3v) is 4.32. The zero-order chi connectivity index (χ0) is 13.9. The number of hydrogen-bond acceptors (Lipinski definition) is 4. The van der Waals surface area contributed by atoms with Gasteiger partial charge < -0.3 is 9.32 Å². The molecule has 1 aromatic carbocycles. The molecule has 0 amide bonds. The van der Waals surface area contributed by atoms with E-state index in [0.29, 0.717) is 6.04 Å². The van der Waals surface area contributed by atoms with Gasteiger partial charge in [0.15, 0.2) is 0 Å². The summed E-state index contributed by atoms with van der Waals surface area (Å²) in [5.74, 6) is 0.940. The number of rotatable bonds is 5. The van der Waals surface area contributed by atoms with Crippen molar-refractivity contribution < 1.29 is 4.42 Å². The van der Waals surface area contributed by atoms with Gasteiger partial charge in [0.25, 0.3) is 0 Å². The van der Waals surface area contributed by atoms with E-state index in [4.69, 9.17) is 4.42 Å². The van der Waals surface area contributed by atoms with Crippen LogP contribution >= 0.6 is 11.8 Å². The van der Waals surface area contributed by atoms with Crippen molar-refractivity contribution in [2.45, 2.75) is 30.3 Å². The van der Waals surface area contributed by atoms with Gasteiger partial charge in [-0.15, -0.1) is 11.8 Å². The zero-order valence-electron chi connectivity index (χ0n) is 11.4. The van der Waals surface area contributed by atoms with E-state index in [-0.39, 0.29) is 0 Å². The van der Waals surface area contributed by atoms with Gasteiger partial charge in [0.05, 0.1) is 24.1 Å². The highest BCUT2D eigenvalue weighted by atomic mass is 32.2. The molecule has 0 spiro atoms. The van der Waals surface area contributed by atoms with Crippen LogP contribution in [0, 0.1) is 11.3 Å². The second kappa shape index (κ2) is 5.64. The van der Waals surface area contributed by atoms with E-state index in [1.807, 2.05) is 36.6 Å². The molecule has 1 aliphatic carbocycles. The molecule has 1 aliphatic rings. The molecule has 0 unspecified atom stereocenters. The Hall–Kier alpha value is -1.86. The van der Waals surface area contributed by atoms with Crippen LogP contribution in [0.2, 0.25) is 0 Å². The average molecular weight is 284 g/mol. The second-order valence-corrected chi connectivity index (χ2v) is 5.75. The first-order valence-corrected chi connectivity index (χ1v) is 7.92. The minimum absolute atomic E-state index is 0.532. The van der Waals surface area contributed by atoms with Crippen LogP contribution in [0.25, 0.3) is 0 Å². The minimum Gasteiger partial charge on any atom is -0.467 e. The van der Waals surface area contributed by atoms with Crippen LogP contribution in [0.1, 0.15) is 24.2 Å². The highest BCUT2D eigenvalue weighted by Gasteiger charge is 2.31. The molecule has 2 aromatic rings. The molecule has 1 fully saturated rings. The van der Waals surface area contributed by atoms with Crippen molar-refractivity contribution in [2.75, 3.05) is 11.2 Å². The Morgan fingerprint density at radius 3 is 2.80 bits per heavy atom. The Morgan fingerprint density at radius 1 is 1.35 bits per heavy atom. The number of nitrogens with zero attached hydrogens (tertiary/aromatic N) is 2. The number of furan rings is 1. The maximum Gasteiger partial charge on any atom is 0.123 e. The predicted octanol–water partition coefficient (Wildman–Crippen LogP) is 4.04. The van der Waals surface area contributed by atoms with Crippen molar-refractivity contribution in [1.29, 1.82) is 5.26 Å². The fourth-order valence-electron chi connectivity index (χ4n) is 2.41. The van der Waals surface area contributed by atoms with Gasteiger partial charge in [-0.2, -0.15) is 5.26 Å². The van der Waals surface area contributed by atoms with Crippen molar-refractivity contribution in [1.82, 2.24) is 0 Å². The van der Waals surface area contributed by atoms with Crippen molar-refractivity contribution in [3.63, 3.8) is 0 Å². The highest BCUT2D eigenvalue weighted by molar-refractivity contribution is 7.98. The van der Waals surface area contributed by atoms with E-state index in [1.165, 1.54) is 12.8 Å².